The van der Waals surface area contributed by atoms with Crippen LogP contribution >= 0.6 is 11.8 Å². The summed E-state index contributed by atoms with van der Waals surface area (Å²) < 4.78 is 15.4. The number of carbonyl (C=O) groups is 2. The van der Waals surface area contributed by atoms with Crippen LogP contribution in [0.15, 0.2) is 47.4 Å². The Labute approximate surface area is 151 Å². The van der Waals surface area contributed by atoms with Crippen molar-refractivity contribution in [1.82, 2.24) is 0 Å². The maximum Gasteiger partial charge on any atom is 0.316 e. The van der Waals surface area contributed by atoms with E-state index in [4.69, 9.17) is 14.2 Å². The van der Waals surface area contributed by atoms with Crippen LogP contribution in [0.5, 0.6) is 11.5 Å². The van der Waals surface area contributed by atoms with Crippen LogP contribution in [0.4, 0.5) is 0 Å². The van der Waals surface area contributed by atoms with E-state index in [2.05, 4.69) is 0 Å². The molecule has 0 fully saturated rings. The van der Waals surface area contributed by atoms with Crippen LogP contribution < -0.4 is 9.47 Å². The van der Waals surface area contributed by atoms with Gasteiger partial charge >= 0.3 is 5.97 Å². The van der Waals surface area contributed by atoms with E-state index in [9.17, 15) is 9.59 Å². The van der Waals surface area contributed by atoms with E-state index in [1.54, 1.807) is 18.2 Å². The van der Waals surface area contributed by atoms with Crippen molar-refractivity contribution < 1.29 is 23.8 Å². The summed E-state index contributed by atoms with van der Waals surface area (Å²) in [5.74, 6) is 0.308. The number of ketones is 1. The first-order chi connectivity index (χ1) is 12.0. The molecule has 2 aromatic rings. The molecule has 0 amide bonds. The molecule has 0 aromatic heterocycles. The normalized spacial score (nSPS) is 10.2. The molecule has 0 atom stereocenters. The third-order valence-electron chi connectivity index (χ3n) is 3.51. The molecular weight excluding hydrogens is 340 g/mol. The molecule has 0 aliphatic rings. The van der Waals surface area contributed by atoms with Crippen LogP contribution in [0, 0.1) is 6.92 Å². The number of esters is 1. The van der Waals surface area contributed by atoms with Crippen molar-refractivity contribution in [2.75, 3.05) is 26.6 Å². The molecule has 0 N–H and O–H groups in total. The zero-order valence-electron chi connectivity index (χ0n) is 14.4. The smallest absolute Gasteiger partial charge is 0.316 e. The summed E-state index contributed by atoms with van der Waals surface area (Å²) in [6, 6.07) is 12.7. The van der Waals surface area contributed by atoms with Gasteiger partial charge in [0.1, 0.15) is 11.5 Å². The lowest BCUT2D eigenvalue weighted by Gasteiger charge is -2.10. The Hall–Kier alpha value is -2.47. The quantitative estimate of drug-likeness (QED) is 0.408. The minimum Gasteiger partial charge on any atom is -0.497 e. The van der Waals surface area contributed by atoms with Crippen molar-refractivity contribution >= 4 is 23.5 Å². The zero-order valence-corrected chi connectivity index (χ0v) is 15.2. The first-order valence-electron chi connectivity index (χ1n) is 7.64. The number of methoxy groups -OCH3 is 2. The minimum absolute atomic E-state index is 0.146. The number of thioether (sulfide) groups is 1. The van der Waals surface area contributed by atoms with Gasteiger partial charge in [-0.2, -0.15) is 0 Å². The molecule has 132 valence electrons. The van der Waals surface area contributed by atoms with E-state index in [0.717, 1.165) is 10.5 Å². The van der Waals surface area contributed by atoms with Gasteiger partial charge in [-0.1, -0.05) is 18.2 Å². The van der Waals surface area contributed by atoms with Crippen LogP contribution in [0.25, 0.3) is 0 Å². The van der Waals surface area contributed by atoms with Gasteiger partial charge in [-0.3, -0.25) is 9.59 Å². The van der Waals surface area contributed by atoms with Gasteiger partial charge in [0, 0.05) is 4.90 Å². The van der Waals surface area contributed by atoms with E-state index in [1.807, 2.05) is 31.2 Å². The fraction of sp³-hybridized carbons (Fsp3) is 0.263. The van der Waals surface area contributed by atoms with Crippen molar-refractivity contribution in [2.45, 2.75) is 11.8 Å². The molecule has 0 saturated carbocycles. The largest absolute Gasteiger partial charge is 0.497 e. The Balaban J connectivity index is 1.91. The fourth-order valence-electron chi connectivity index (χ4n) is 2.15. The van der Waals surface area contributed by atoms with Crippen LogP contribution in [-0.4, -0.2) is 38.3 Å². The minimum atomic E-state index is -0.441. The molecule has 0 unspecified atom stereocenters. The van der Waals surface area contributed by atoms with Gasteiger partial charge in [0.25, 0.3) is 0 Å². The second-order valence-electron chi connectivity index (χ2n) is 5.20. The fourth-order valence-corrected chi connectivity index (χ4v) is 2.98. The predicted molar refractivity (Wildman–Crippen MR) is 96.7 cm³/mol. The highest BCUT2D eigenvalue weighted by molar-refractivity contribution is 8.00. The summed E-state index contributed by atoms with van der Waals surface area (Å²) in [6.45, 7) is 1.64. The molecule has 0 heterocycles. The Morgan fingerprint density at radius 3 is 2.48 bits per heavy atom. The Bertz CT molecular complexity index is 757. The van der Waals surface area contributed by atoms with Crippen molar-refractivity contribution in [2.24, 2.45) is 0 Å². The molecule has 5 nitrogen and oxygen atoms in total. The number of Topliss-reactive ketones (excluding diaryl/α,β-unsaturated/α-hetero) is 1. The molecule has 2 rings (SSSR count). The SMILES string of the molecule is COc1ccc(OC)c(C(=O)COC(=O)CSc2ccccc2C)c1. The van der Waals surface area contributed by atoms with E-state index in [0.29, 0.717) is 17.1 Å². The van der Waals surface area contributed by atoms with E-state index < -0.39 is 5.97 Å². The van der Waals surface area contributed by atoms with Crippen molar-refractivity contribution in [3.63, 3.8) is 0 Å². The van der Waals surface area contributed by atoms with Gasteiger partial charge in [-0.05, 0) is 36.8 Å². The van der Waals surface area contributed by atoms with Gasteiger partial charge in [-0.15, -0.1) is 11.8 Å². The van der Waals surface area contributed by atoms with Crippen LogP contribution in [0.2, 0.25) is 0 Å². The van der Waals surface area contributed by atoms with Gasteiger partial charge < -0.3 is 14.2 Å². The Morgan fingerprint density at radius 1 is 1.04 bits per heavy atom. The third kappa shape index (κ3) is 5.26. The number of aryl methyl sites for hydroxylation is 1. The van der Waals surface area contributed by atoms with Crippen LogP contribution in [-0.2, 0) is 9.53 Å². The summed E-state index contributed by atoms with van der Waals surface area (Å²) in [7, 11) is 2.99. The highest BCUT2D eigenvalue weighted by Crippen LogP contribution is 2.25. The maximum absolute atomic E-state index is 12.3. The Kier molecular flexibility index (Phi) is 6.89. The number of carbonyl (C=O) groups excluding carboxylic acids is 2. The van der Waals surface area contributed by atoms with Gasteiger partial charge in [0.05, 0.1) is 25.5 Å². The van der Waals surface area contributed by atoms with Gasteiger partial charge in [-0.25, -0.2) is 0 Å². The Morgan fingerprint density at radius 2 is 1.80 bits per heavy atom. The lowest BCUT2D eigenvalue weighted by Crippen LogP contribution is -2.16. The molecule has 0 radical (unpaired) electrons. The molecule has 0 aliphatic carbocycles. The molecule has 0 saturated heterocycles. The molecule has 0 bridgehead atoms. The predicted octanol–water partition coefficient (Wildman–Crippen LogP) is 3.53. The third-order valence-corrected chi connectivity index (χ3v) is 4.66. The highest BCUT2D eigenvalue weighted by Gasteiger charge is 2.16. The number of benzene rings is 2. The van der Waals surface area contributed by atoms with Crippen molar-refractivity contribution in [3.8, 4) is 11.5 Å². The van der Waals surface area contributed by atoms with Gasteiger partial charge in [0.2, 0.25) is 5.78 Å². The molecule has 0 aliphatic heterocycles. The maximum atomic E-state index is 12.3. The number of hydrogen-bond donors (Lipinski definition) is 0. The summed E-state index contributed by atoms with van der Waals surface area (Å²) >= 11 is 1.39. The molecule has 25 heavy (non-hydrogen) atoms. The summed E-state index contributed by atoms with van der Waals surface area (Å²) in [5.41, 5.74) is 1.42. The first-order valence-corrected chi connectivity index (χ1v) is 8.63. The second kappa shape index (κ2) is 9.13. The average molecular weight is 360 g/mol. The monoisotopic (exact) mass is 360 g/mol. The summed E-state index contributed by atoms with van der Waals surface area (Å²) in [4.78, 5) is 25.2. The number of rotatable bonds is 8. The standard InChI is InChI=1S/C19H20O5S/c1-13-6-4-5-7-18(13)25-12-19(21)24-11-16(20)15-10-14(22-2)8-9-17(15)23-3/h4-10H,11-12H2,1-3H3. The van der Waals surface area contributed by atoms with E-state index >= 15 is 0 Å². The number of ether oxygens (including phenoxy) is 3. The first kappa shape index (κ1) is 18.9. The molecule has 0 spiro atoms. The lowest BCUT2D eigenvalue weighted by molar-refractivity contribution is -0.139. The van der Waals surface area contributed by atoms with Crippen LogP contribution in [0.3, 0.4) is 0 Å². The van der Waals surface area contributed by atoms with E-state index in [1.165, 1.54) is 26.0 Å². The molecular formula is C19H20O5S. The number of hydrogen-bond acceptors (Lipinski definition) is 6. The highest BCUT2D eigenvalue weighted by atomic mass is 32.2. The van der Waals surface area contributed by atoms with Crippen molar-refractivity contribution in [3.05, 3.63) is 53.6 Å². The molecule has 2 aromatic carbocycles. The summed E-state index contributed by atoms with van der Waals surface area (Å²) in [5, 5.41) is 0. The zero-order chi connectivity index (χ0) is 18.2. The van der Waals surface area contributed by atoms with Crippen LogP contribution in [0.1, 0.15) is 15.9 Å². The second-order valence-corrected chi connectivity index (χ2v) is 6.22. The lowest BCUT2D eigenvalue weighted by atomic mass is 10.1. The van der Waals surface area contributed by atoms with Gasteiger partial charge in [0.15, 0.2) is 6.61 Å². The average Bonchev–Trinajstić information content (AvgIpc) is 2.64. The molecule has 6 heteroatoms. The van der Waals surface area contributed by atoms with Crippen molar-refractivity contribution in [1.29, 1.82) is 0 Å². The topological polar surface area (TPSA) is 61.8 Å². The van der Waals surface area contributed by atoms with E-state index in [-0.39, 0.29) is 18.1 Å². The summed E-state index contributed by atoms with van der Waals surface area (Å²) in [6.07, 6.45) is 0.